The van der Waals surface area contributed by atoms with E-state index in [0.717, 1.165) is 25.7 Å². The molecule has 2 unspecified atom stereocenters. The van der Waals surface area contributed by atoms with Gasteiger partial charge in [-0.3, -0.25) is 9.59 Å². The number of anilines is 1. The number of hydrogen-bond donors (Lipinski definition) is 3. The molecule has 3 N–H and O–H groups in total. The molecule has 1 saturated heterocycles. The molecule has 1 aliphatic rings. The Morgan fingerprint density at radius 1 is 1.20 bits per heavy atom. The molecule has 0 saturated carbocycles. The lowest BCUT2D eigenvalue weighted by Crippen LogP contribution is -2.55. The predicted octanol–water partition coefficient (Wildman–Crippen LogP) is 4.05. The van der Waals surface area contributed by atoms with Crippen molar-refractivity contribution in [3.05, 3.63) is 75.9 Å². The van der Waals surface area contributed by atoms with Gasteiger partial charge in [-0.2, -0.15) is 17.4 Å². The summed E-state index contributed by atoms with van der Waals surface area (Å²) < 4.78 is 42.5. The zero-order chi connectivity index (χ0) is 25.3. The Balaban J connectivity index is 1.53. The molecular weight excluding hydrogens is 517 g/mol. The summed E-state index contributed by atoms with van der Waals surface area (Å²) in [5, 5.41) is 11.4. The van der Waals surface area contributed by atoms with E-state index in [2.05, 4.69) is 10.0 Å². The van der Waals surface area contributed by atoms with Gasteiger partial charge in [-0.1, -0.05) is 35.9 Å². The summed E-state index contributed by atoms with van der Waals surface area (Å²) in [6.07, 6.45) is 0.106. The lowest BCUT2D eigenvalue weighted by Gasteiger charge is -2.35. The van der Waals surface area contributed by atoms with Crippen LogP contribution in [0.2, 0.25) is 5.02 Å². The van der Waals surface area contributed by atoms with Crippen molar-refractivity contribution in [2.75, 3.05) is 12.4 Å². The molecule has 2 aromatic carbocycles. The quantitative estimate of drug-likeness (QED) is 0.438. The van der Waals surface area contributed by atoms with Crippen molar-refractivity contribution in [2.45, 2.75) is 24.9 Å². The van der Waals surface area contributed by atoms with E-state index in [4.69, 9.17) is 16.7 Å². The number of carboxylic acid groups (broad SMARTS) is 1. The maximum Gasteiger partial charge on any atom is 0.307 e. The number of rotatable bonds is 6. The van der Waals surface area contributed by atoms with E-state index in [0.29, 0.717) is 5.56 Å². The second-order valence-electron chi connectivity index (χ2n) is 8.03. The zero-order valence-electron chi connectivity index (χ0n) is 18.4. The highest BCUT2D eigenvalue weighted by Crippen LogP contribution is 2.36. The van der Waals surface area contributed by atoms with Crippen molar-refractivity contribution in [3.63, 3.8) is 0 Å². The molecule has 2 heterocycles. The van der Waals surface area contributed by atoms with E-state index < -0.39 is 40.0 Å². The van der Waals surface area contributed by atoms with Crippen LogP contribution in [-0.4, -0.2) is 42.8 Å². The molecule has 12 heteroatoms. The Morgan fingerprint density at radius 2 is 1.91 bits per heavy atom. The minimum Gasteiger partial charge on any atom is -0.481 e. The first-order valence-corrected chi connectivity index (χ1v) is 13.1. The number of nitrogens with one attached hydrogen (secondary N) is 2. The fraction of sp³-hybridized carbons (Fsp3) is 0.217. The van der Waals surface area contributed by atoms with Gasteiger partial charge in [-0.05, 0) is 47.9 Å². The van der Waals surface area contributed by atoms with Gasteiger partial charge in [0.05, 0.1) is 17.5 Å². The van der Waals surface area contributed by atoms with Crippen LogP contribution in [0.5, 0.6) is 0 Å². The maximum absolute atomic E-state index is 13.4. The van der Waals surface area contributed by atoms with Crippen LogP contribution in [-0.2, 0) is 26.2 Å². The van der Waals surface area contributed by atoms with Gasteiger partial charge in [0, 0.05) is 22.5 Å². The van der Waals surface area contributed by atoms with Gasteiger partial charge in [0.25, 0.3) is 10.2 Å². The second kappa shape index (κ2) is 10.0. The molecule has 3 aromatic rings. The van der Waals surface area contributed by atoms with Gasteiger partial charge < -0.3 is 10.4 Å². The van der Waals surface area contributed by atoms with Crippen LogP contribution in [0.4, 0.5) is 10.1 Å². The molecule has 1 fully saturated rings. The molecule has 4 rings (SSSR count). The van der Waals surface area contributed by atoms with E-state index in [1.54, 1.807) is 18.2 Å². The molecular formula is C23H21ClFN3O5S2. The highest BCUT2D eigenvalue weighted by molar-refractivity contribution is 7.87. The largest absolute Gasteiger partial charge is 0.481 e. The zero-order valence-corrected chi connectivity index (χ0v) is 20.8. The number of nitrogens with zero attached hydrogens (tertiary/aromatic N) is 1. The van der Waals surface area contributed by atoms with Crippen LogP contribution in [0.25, 0.3) is 10.4 Å². The van der Waals surface area contributed by atoms with E-state index in [1.807, 2.05) is 18.2 Å². The number of carboxylic acids is 1. The highest BCUT2D eigenvalue weighted by atomic mass is 35.5. The van der Waals surface area contributed by atoms with E-state index in [-0.39, 0.29) is 23.6 Å². The third kappa shape index (κ3) is 5.71. The van der Waals surface area contributed by atoms with Crippen LogP contribution in [0, 0.1) is 5.82 Å². The summed E-state index contributed by atoms with van der Waals surface area (Å²) in [4.78, 5) is 25.4. The van der Waals surface area contributed by atoms with Gasteiger partial charge in [-0.15, -0.1) is 11.3 Å². The smallest absolute Gasteiger partial charge is 0.307 e. The lowest BCUT2D eigenvalue weighted by atomic mass is 10.0. The van der Waals surface area contributed by atoms with Crippen LogP contribution in [0.15, 0.2) is 54.6 Å². The molecule has 35 heavy (non-hydrogen) atoms. The van der Waals surface area contributed by atoms with Crippen LogP contribution in [0.3, 0.4) is 0 Å². The SMILES string of the molecule is CN1C(C(=O)Nc2ccc(F)c(Cl)c2)CC(c2ccc(-c3ccc(CC(=O)O)cc3)s2)NS1(=O)=O. The summed E-state index contributed by atoms with van der Waals surface area (Å²) >= 11 is 7.16. The minimum atomic E-state index is -3.95. The number of thiophene rings is 1. The van der Waals surface area contributed by atoms with Gasteiger partial charge in [0.1, 0.15) is 11.9 Å². The number of aliphatic carboxylic acids is 1. The first-order chi connectivity index (χ1) is 16.5. The van der Waals surface area contributed by atoms with Gasteiger partial charge in [0.2, 0.25) is 5.91 Å². The average Bonchev–Trinajstić information content (AvgIpc) is 3.28. The highest BCUT2D eigenvalue weighted by Gasteiger charge is 2.41. The summed E-state index contributed by atoms with van der Waals surface area (Å²) in [7, 11) is -2.63. The van der Waals surface area contributed by atoms with Crippen molar-refractivity contribution < 1.29 is 27.5 Å². The molecule has 0 aliphatic carbocycles. The van der Waals surface area contributed by atoms with Crippen LogP contribution in [0.1, 0.15) is 22.9 Å². The van der Waals surface area contributed by atoms with Crippen LogP contribution >= 0.6 is 22.9 Å². The fourth-order valence-corrected chi connectivity index (χ4v) is 6.35. The van der Waals surface area contributed by atoms with Gasteiger partial charge in [0.15, 0.2) is 0 Å². The molecule has 1 aromatic heterocycles. The average molecular weight is 538 g/mol. The third-order valence-corrected chi connectivity index (χ3v) is 8.75. The number of likely N-dealkylation sites (N-methyl/N-ethyl adjacent to an activating group) is 1. The van der Waals surface area contributed by atoms with Gasteiger partial charge in [-0.25, -0.2) is 4.39 Å². The molecule has 0 spiro atoms. The first-order valence-electron chi connectivity index (χ1n) is 10.5. The number of amides is 1. The molecule has 0 radical (unpaired) electrons. The van der Waals surface area contributed by atoms with Crippen molar-refractivity contribution in [1.29, 1.82) is 0 Å². The summed E-state index contributed by atoms with van der Waals surface area (Å²) in [6.45, 7) is 0. The monoisotopic (exact) mass is 537 g/mol. The Morgan fingerprint density at radius 3 is 2.57 bits per heavy atom. The number of hydrogen-bond acceptors (Lipinski definition) is 5. The first kappa shape index (κ1) is 25.3. The minimum absolute atomic E-state index is 0.0685. The van der Waals surface area contributed by atoms with Crippen molar-refractivity contribution in [3.8, 4) is 10.4 Å². The van der Waals surface area contributed by atoms with E-state index in [9.17, 15) is 22.4 Å². The normalized spacial score (nSPS) is 19.9. The fourth-order valence-electron chi connectivity index (χ4n) is 3.75. The summed E-state index contributed by atoms with van der Waals surface area (Å²) in [5.41, 5.74) is 1.80. The van der Waals surface area contributed by atoms with Crippen LogP contribution < -0.4 is 10.0 Å². The molecule has 2 atom stereocenters. The Hall–Kier alpha value is -2.83. The van der Waals surface area contributed by atoms with Crippen molar-refractivity contribution >= 4 is 50.7 Å². The third-order valence-electron chi connectivity index (χ3n) is 5.62. The number of carbonyl (C=O) groups excluding carboxylic acids is 1. The Bertz CT molecular complexity index is 1380. The maximum atomic E-state index is 13.4. The topological polar surface area (TPSA) is 116 Å². The van der Waals surface area contributed by atoms with E-state index >= 15 is 0 Å². The van der Waals surface area contributed by atoms with E-state index in [1.165, 1.54) is 30.5 Å². The number of carbonyl (C=O) groups is 2. The molecule has 1 amide bonds. The Kier molecular flexibility index (Phi) is 7.25. The predicted molar refractivity (Wildman–Crippen MR) is 132 cm³/mol. The summed E-state index contributed by atoms with van der Waals surface area (Å²) in [6, 6.07) is 12.9. The molecule has 184 valence electrons. The van der Waals surface area contributed by atoms with Crippen molar-refractivity contribution in [2.24, 2.45) is 0 Å². The Labute approximate surface area is 210 Å². The van der Waals surface area contributed by atoms with Crippen molar-refractivity contribution in [1.82, 2.24) is 9.03 Å². The molecule has 0 bridgehead atoms. The molecule has 8 nitrogen and oxygen atoms in total. The number of halogens is 2. The van der Waals surface area contributed by atoms with Gasteiger partial charge >= 0.3 is 5.97 Å². The summed E-state index contributed by atoms with van der Waals surface area (Å²) in [5.74, 6) is -2.10. The number of benzene rings is 2. The standard InChI is InChI=1S/C23H21ClFN3O5S2/c1-28-19(23(31)26-15-6-7-17(25)16(24)11-15)12-18(27-35(28,32)33)21-9-8-20(34-21)14-4-2-13(3-5-14)10-22(29)30/h2-9,11,18-19,27H,10,12H2,1H3,(H,26,31)(H,29,30). The lowest BCUT2D eigenvalue weighted by molar-refractivity contribution is -0.136. The second-order valence-corrected chi connectivity index (χ2v) is 11.3. The molecule has 1 aliphatic heterocycles.